The van der Waals surface area contributed by atoms with Crippen LogP contribution < -0.4 is 4.74 Å². The molecular weight excluding hydrogens is 268 g/mol. The molecule has 0 aliphatic heterocycles. The van der Waals surface area contributed by atoms with Crippen molar-refractivity contribution in [2.75, 3.05) is 6.61 Å². The van der Waals surface area contributed by atoms with E-state index in [0.717, 1.165) is 11.2 Å². The Morgan fingerprint density at radius 1 is 1.43 bits per heavy atom. The van der Waals surface area contributed by atoms with E-state index in [9.17, 15) is 9.90 Å². The number of hydrogen-bond acceptors (Lipinski definition) is 4. The van der Waals surface area contributed by atoms with Crippen LogP contribution in [0.15, 0.2) is 18.3 Å². The van der Waals surface area contributed by atoms with Crippen molar-refractivity contribution in [1.82, 2.24) is 9.61 Å². The van der Waals surface area contributed by atoms with Crippen LogP contribution in [0.5, 0.6) is 5.75 Å². The molecule has 2 aromatic rings. The Labute approximate surface area is 124 Å². The first-order chi connectivity index (χ1) is 9.70. The summed E-state index contributed by atoms with van der Waals surface area (Å²) < 4.78 is 7.33. The summed E-state index contributed by atoms with van der Waals surface area (Å²) in [7, 11) is 0. The molecule has 0 aliphatic rings. The van der Waals surface area contributed by atoms with Gasteiger partial charge in [-0.2, -0.15) is 5.10 Å². The first-order valence-corrected chi connectivity index (χ1v) is 7.07. The molecule has 0 spiro atoms. The van der Waals surface area contributed by atoms with Crippen LogP contribution in [-0.2, 0) is 0 Å². The lowest BCUT2D eigenvalue weighted by Gasteiger charge is -2.19. The number of hydrogen-bond donors (Lipinski definition) is 1. The number of pyridine rings is 1. The molecule has 5 nitrogen and oxygen atoms in total. The van der Waals surface area contributed by atoms with Gasteiger partial charge in [0.2, 0.25) is 0 Å². The van der Waals surface area contributed by atoms with Gasteiger partial charge in [-0.1, -0.05) is 13.8 Å². The highest BCUT2D eigenvalue weighted by Gasteiger charge is 2.19. The number of fused-ring (bicyclic) bond motifs is 1. The quantitative estimate of drug-likeness (QED) is 0.860. The smallest absolute Gasteiger partial charge is 0.169 e. The molecule has 21 heavy (non-hydrogen) atoms. The average molecular weight is 290 g/mol. The number of carbonyl (C=O) groups excluding carboxylic acids is 1. The summed E-state index contributed by atoms with van der Waals surface area (Å²) >= 11 is 0. The molecule has 2 aromatic heterocycles. The first kappa shape index (κ1) is 15.5. The first-order valence-electron chi connectivity index (χ1n) is 7.07. The number of carbonyl (C=O) groups is 1. The molecule has 0 unspecified atom stereocenters. The fraction of sp³-hybridized carbons (Fsp3) is 0.500. The number of rotatable bonds is 5. The van der Waals surface area contributed by atoms with E-state index in [4.69, 9.17) is 4.74 Å². The zero-order chi connectivity index (χ0) is 15.8. The number of ether oxygens (including phenoxy) is 1. The zero-order valence-corrected chi connectivity index (χ0v) is 13.2. The third-order valence-electron chi connectivity index (χ3n) is 3.24. The summed E-state index contributed by atoms with van der Waals surface area (Å²) in [5.41, 5.74) is 1.31. The number of aliphatic hydroxyl groups is 1. The summed E-state index contributed by atoms with van der Waals surface area (Å²) in [6, 6.07) is 3.64. The maximum absolute atomic E-state index is 12.2. The monoisotopic (exact) mass is 290 g/mol. The van der Waals surface area contributed by atoms with Crippen LogP contribution in [0.3, 0.4) is 0 Å². The Kier molecular flexibility index (Phi) is 4.05. The second-order valence-corrected chi connectivity index (χ2v) is 6.26. The number of aromatic nitrogens is 2. The number of nitrogens with zero attached hydrogens (tertiary/aromatic N) is 2. The van der Waals surface area contributed by atoms with E-state index in [2.05, 4.69) is 5.10 Å². The molecule has 1 N–H and O–H groups in total. The van der Waals surface area contributed by atoms with E-state index in [1.54, 1.807) is 24.6 Å². The van der Waals surface area contributed by atoms with Crippen molar-refractivity contribution in [3.05, 3.63) is 29.6 Å². The molecule has 114 valence electrons. The molecule has 0 saturated heterocycles. The third-order valence-corrected chi connectivity index (χ3v) is 3.24. The minimum absolute atomic E-state index is 0.0654. The highest BCUT2D eigenvalue weighted by molar-refractivity contribution is 6.03. The van der Waals surface area contributed by atoms with E-state index in [1.807, 2.05) is 32.9 Å². The Morgan fingerprint density at radius 2 is 2.10 bits per heavy atom. The minimum atomic E-state index is -0.899. The lowest BCUT2D eigenvalue weighted by Crippen LogP contribution is -2.28. The number of aryl methyl sites for hydroxylation is 1. The predicted octanol–water partition coefficient (Wildman–Crippen LogP) is 2.63. The highest BCUT2D eigenvalue weighted by atomic mass is 16.5. The highest BCUT2D eigenvalue weighted by Crippen LogP contribution is 2.24. The van der Waals surface area contributed by atoms with Gasteiger partial charge in [0.25, 0.3) is 0 Å². The second kappa shape index (κ2) is 5.48. The zero-order valence-electron chi connectivity index (χ0n) is 13.2. The van der Waals surface area contributed by atoms with Crippen molar-refractivity contribution in [3.63, 3.8) is 0 Å². The van der Waals surface area contributed by atoms with E-state index >= 15 is 0 Å². The Morgan fingerprint density at radius 3 is 2.67 bits per heavy atom. The molecule has 0 saturated carbocycles. The Balaban J connectivity index is 2.38. The molecule has 0 amide bonds. The molecule has 0 radical (unpaired) electrons. The van der Waals surface area contributed by atoms with Crippen molar-refractivity contribution in [2.45, 2.75) is 40.2 Å². The maximum Gasteiger partial charge on any atom is 0.169 e. The van der Waals surface area contributed by atoms with Gasteiger partial charge in [0.15, 0.2) is 5.78 Å². The van der Waals surface area contributed by atoms with Crippen LogP contribution in [0.4, 0.5) is 0 Å². The van der Waals surface area contributed by atoms with Gasteiger partial charge in [-0.15, -0.1) is 0 Å². The standard InChI is InChI=1S/C16H22N2O3/c1-10(2)15(19)12-8-17-18-11(3)14(7-6-13(12)18)21-9-16(4,5)20/h6-8,10,20H,9H2,1-5H3. The van der Waals surface area contributed by atoms with Crippen molar-refractivity contribution in [2.24, 2.45) is 5.92 Å². The van der Waals surface area contributed by atoms with Crippen LogP contribution in [0.25, 0.3) is 5.52 Å². The largest absolute Gasteiger partial charge is 0.489 e. The van der Waals surface area contributed by atoms with Crippen molar-refractivity contribution >= 4 is 11.3 Å². The van der Waals surface area contributed by atoms with Crippen LogP contribution in [0, 0.1) is 12.8 Å². The van der Waals surface area contributed by atoms with Gasteiger partial charge < -0.3 is 9.84 Å². The second-order valence-electron chi connectivity index (χ2n) is 6.26. The SMILES string of the molecule is Cc1c(OCC(C)(C)O)ccc2c(C(=O)C(C)C)cnn12. The third kappa shape index (κ3) is 3.24. The molecule has 0 aliphatic carbocycles. The van der Waals surface area contributed by atoms with Crippen LogP contribution in [-0.4, -0.2) is 32.7 Å². The summed E-state index contributed by atoms with van der Waals surface area (Å²) in [5, 5.41) is 14.0. The predicted molar refractivity (Wildman–Crippen MR) is 80.9 cm³/mol. The molecule has 2 rings (SSSR count). The minimum Gasteiger partial charge on any atom is -0.489 e. The summed E-state index contributed by atoms with van der Waals surface area (Å²) in [5.74, 6) is 0.662. The van der Waals surface area contributed by atoms with E-state index in [1.165, 1.54) is 0 Å². The number of ketones is 1. The maximum atomic E-state index is 12.2. The Hall–Kier alpha value is -1.88. The molecule has 0 aromatic carbocycles. The molecule has 0 bridgehead atoms. The van der Waals surface area contributed by atoms with Crippen molar-refractivity contribution < 1.29 is 14.6 Å². The van der Waals surface area contributed by atoms with Crippen LogP contribution >= 0.6 is 0 Å². The van der Waals surface area contributed by atoms with Gasteiger partial charge in [0, 0.05) is 5.92 Å². The molecule has 2 heterocycles. The van der Waals surface area contributed by atoms with Crippen molar-refractivity contribution in [1.29, 1.82) is 0 Å². The number of Topliss-reactive ketones (excluding diaryl/α,β-unsaturated/α-hetero) is 1. The molecule has 0 fully saturated rings. The fourth-order valence-electron chi connectivity index (χ4n) is 2.07. The van der Waals surface area contributed by atoms with Crippen molar-refractivity contribution in [3.8, 4) is 5.75 Å². The summed E-state index contributed by atoms with van der Waals surface area (Å²) in [6.07, 6.45) is 1.60. The van der Waals surface area contributed by atoms with E-state index in [0.29, 0.717) is 11.3 Å². The van der Waals surface area contributed by atoms with E-state index < -0.39 is 5.60 Å². The average Bonchev–Trinajstić information content (AvgIpc) is 2.80. The molecular formula is C16H22N2O3. The van der Waals surface area contributed by atoms with Gasteiger partial charge >= 0.3 is 0 Å². The lowest BCUT2D eigenvalue weighted by atomic mass is 10.0. The summed E-state index contributed by atoms with van der Waals surface area (Å²) in [6.45, 7) is 9.20. The van der Waals surface area contributed by atoms with Crippen LogP contribution in [0.2, 0.25) is 0 Å². The topological polar surface area (TPSA) is 63.8 Å². The Bertz CT molecular complexity index is 666. The molecule has 5 heteroatoms. The van der Waals surface area contributed by atoms with Gasteiger partial charge in [0.05, 0.1) is 28.6 Å². The lowest BCUT2D eigenvalue weighted by molar-refractivity contribution is 0.0280. The van der Waals surface area contributed by atoms with Gasteiger partial charge in [0.1, 0.15) is 12.4 Å². The summed E-state index contributed by atoms with van der Waals surface area (Å²) in [4.78, 5) is 12.2. The van der Waals surface area contributed by atoms with Crippen LogP contribution in [0.1, 0.15) is 43.7 Å². The van der Waals surface area contributed by atoms with E-state index in [-0.39, 0.29) is 18.3 Å². The van der Waals surface area contributed by atoms with Gasteiger partial charge in [-0.3, -0.25) is 4.79 Å². The van der Waals surface area contributed by atoms with Gasteiger partial charge in [-0.05, 0) is 32.9 Å². The fourth-order valence-corrected chi connectivity index (χ4v) is 2.07. The molecule has 0 atom stereocenters. The van der Waals surface area contributed by atoms with Gasteiger partial charge in [-0.25, -0.2) is 4.52 Å². The normalized spacial score (nSPS) is 12.1.